The molecule has 0 aliphatic rings. The van der Waals surface area contributed by atoms with Crippen molar-refractivity contribution in [2.24, 2.45) is 5.73 Å². The standard InChI is InChI=1S/C23H34N4O2S.C22H33ClN4OS.C22H34N4O2S.C15H16ClN3O2.C8H19NS.CN.Al.Cl2OS.Li.Na.4H/c1-6-7-8-19(11-12-30-5)26-22-20(15(2)25-23(24)27-22)14-18-13-17(16(3)28)9-10-21(18)29-4;1-5-6-7-18(10-11-29-4)26-21-19(15(2)25-22(24)27-21)13-17-12-16(14-23)8-9-20(17)28-3;1-5-6-7-18(10-11-29-4)25-21-19(15(2)24-22(23)26-21)13-17-12-16(14-27)8-9-20(17)28-3;1-8-12(14(16)19-15(17)18-8)7-11-6-10(9(2)20)4-5-13(11)21-3;1-3-4-5-8(9)6-7-10-2;1-2;;1-4(2)3;;;;;;/h9-10,13,19H,6-8,11-12,14H2,1-5H3,(H3,24,25,26,27);8-9,12,18H,5-7,10-11,13-14H2,1-4H3,(H3,24,25,26,27);8-9,12,18,27H,5-7,10-11,13-14H2,1-4H3,(H3,23,24,25,26);4-6H,7H2,1-3H3,(H2,17,18,19);8H,3-7,9H2,1-2H3;;;;;;;;;/q;;;;;-1;;;2*+1;;;;-1/t19-;2*18-;;8-;;;;;;;;;/m000.0........./s1. The van der Waals surface area contributed by atoms with Crippen LogP contribution in [0.1, 0.15) is 245 Å². The number of ketones is 2. The Hall–Kier alpha value is -5.41. The Morgan fingerprint density at radius 1 is 0.477 bits per heavy atom. The molecule has 0 bridgehead atoms. The van der Waals surface area contributed by atoms with Gasteiger partial charge in [0.05, 0.1) is 35.0 Å². The summed E-state index contributed by atoms with van der Waals surface area (Å²) in [5, 5.41) is 27.1. The predicted molar refractivity (Wildman–Crippen MR) is 545 cm³/mol. The van der Waals surface area contributed by atoms with E-state index >= 15 is 0 Å². The number of carbonyl (C=O) groups excluding carboxylic acids is 2. The molecule has 128 heavy (non-hydrogen) atoms. The zero-order valence-corrected chi connectivity index (χ0v) is 87.5. The van der Waals surface area contributed by atoms with Gasteiger partial charge in [0.1, 0.15) is 45.6 Å². The summed E-state index contributed by atoms with van der Waals surface area (Å²) in [4.78, 5) is 58.3. The number of hydrogen-bond donors (Lipinski definition) is 9. The first-order valence-corrected chi connectivity index (χ1v) is 51.2. The Labute approximate surface area is 848 Å². The number of aromatic nitrogens is 8. The second kappa shape index (κ2) is 72.1. The molecule has 700 valence electrons. The molecule has 0 amide bonds. The number of benzene rings is 4. The Morgan fingerprint density at radius 2 is 0.750 bits per heavy atom. The van der Waals surface area contributed by atoms with E-state index in [9.17, 15) is 14.7 Å². The van der Waals surface area contributed by atoms with Crippen molar-refractivity contribution in [2.45, 2.75) is 234 Å². The van der Waals surface area contributed by atoms with Gasteiger partial charge in [0.15, 0.2) is 28.9 Å². The molecule has 4 aromatic heterocycles. The van der Waals surface area contributed by atoms with Gasteiger partial charge >= 0.3 is 48.4 Å². The van der Waals surface area contributed by atoms with E-state index in [0.29, 0.717) is 89.4 Å². The minimum Gasteiger partial charge on any atom is -1.00 e. The summed E-state index contributed by atoms with van der Waals surface area (Å²) < 4.78 is 31.1. The van der Waals surface area contributed by atoms with Crippen molar-refractivity contribution in [1.82, 2.24) is 39.9 Å². The van der Waals surface area contributed by atoms with Gasteiger partial charge in [-0.2, -0.15) is 62.0 Å². The summed E-state index contributed by atoms with van der Waals surface area (Å²) in [6, 6.07) is 24.1. The van der Waals surface area contributed by atoms with Crippen LogP contribution >= 0.6 is 91.6 Å². The van der Waals surface area contributed by atoms with Gasteiger partial charge in [0.25, 0.3) is 0 Å². The number of aliphatic hydroxyl groups is 1. The van der Waals surface area contributed by atoms with Gasteiger partial charge in [-0.05, 0) is 229 Å². The molecule has 0 fully saturated rings. The molecule has 25 nitrogen and oxygen atoms in total. The van der Waals surface area contributed by atoms with Crippen LogP contribution in [0.2, 0.25) is 5.15 Å². The largest absolute Gasteiger partial charge is 1.00 e. The summed E-state index contributed by atoms with van der Waals surface area (Å²) in [6.45, 7) is 24.4. The molecule has 8 rings (SSSR count). The van der Waals surface area contributed by atoms with Crippen LogP contribution in [-0.4, -0.2) is 179 Å². The first-order chi connectivity index (χ1) is 59.9. The first-order valence-electron chi connectivity index (χ1n) is 41.9. The van der Waals surface area contributed by atoms with Crippen molar-refractivity contribution in [3.05, 3.63) is 174 Å². The second-order valence-corrected chi connectivity index (χ2v) is 36.6. The number of halogens is 4. The van der Waals surface area contributed by atoms with Crippen molar-refractivity contribution >= 4 is 171 Å². The molecule has 0 spiro atoms. The van der Waals surface area contributed by atoms with Gasteiger partial charge < -0.3 is 81.9 Å². The number of aryl methyl sites for hydroxylation is 4. The van der Waals surface area contributed by atoms with Crippen LogP contribution in [-0.2, 0) is 47.4 Å². The number of thioether (sulfide) groups is 4. The fourth-order valence-electron chi connectivity index (χ4n) is 13.2. The number of aliphatic hydroxyl groups excluding tert-OH is 1. The number of carbonyl (C=O) groups is 2. The maximum absolute atomic E-state index is 11.9. The maximum atomic E-state index is 11.9. The fraction of sp³-hybridized carbons (Fsp3) is 0.527. The topological polar surface area (TPSA) is 401 Å². The number of anilines is 7. The summed E-state index contributed by atoms with van der Waals surface area (Å²) >= 11 is 19.7. The molecule has 14 N–H and O–H groups in total. The third kappa shape index (κ3) is 47.5. The van der Waals surface area contributed by atoms with Crippen LogP contribution in [0.3, 0.4) is 0 Å². The van der Waals surface area contributed by atoms with E-state index in [2.05, 4.69) is 136 Å². The molecule has 4 atom stereocenters. The molecule has 4 aromatic carbocycles. The molecular weight excluding hydrogens is 1820 g/mol. The maximum Gasteiger partial charge on any atom is 1.00 e. The van der Waals surface area contributed by atoms with Crippen LogP contribution in [0.25, 0.3) is 0 Å². The molecule has 37 heteroatoms. The molecule has 0 saturated carbocycles. The minimum absolute atomic E-state index is 0. The SMILES string of the molecule is CCCC[C@@H](CCSC)Nc1nc(N)nc(C)c1Cc1cc(C(C)=O)ccc1OC.CCCC[C@@H](CCSC)Nc1nc(N)nc(C)c1Cc1cc(CCl)ccc1OC.CCCC[C@@H](CCSC)Nc1nc(N)nc(C)c1Cc1cc(CO)ccc1OC.CCCC[C@H](N)CCSC.COc1ccc(C(C)=O)cc1Cc1c(C)nc(N)nc1Cl.O=S(Cl)Cl.[AlH3].[C-]#N.[H-].[Li+].[Na+]. The van der Waals surface area contributed by atoms with E-state index in [0.717, 1.165) is 176 Å². The summed E-state index contributed by atoms with van der Waals surface area (Å²) in [7, 11) is 13.9. The predicted octanol–water partition coefficient (Wildman–Crippen LogP) is 13.7. The Bertz CT molecular complexity index is 4390. The number of nitrogens with one attached hydrogen (secondary N) is 3. The van der Waals surface area contributed by atoms with E-state index in [-0.39, 0.29) is 103 Å². The molecule has 0 aliphatic heterocycles. The smallest absolute Gasteiger partial charge is 1.00 e. The van der Waals surface area contributed by atoms with E-state index < -0.39 is 9.23 Å². The Kier molecular flexibility index (Phi) is 70.2. The van der Waals surface area contributed by atoms with Crippen LogP contribution in [0.4, 0.5) is 41.2 Å². The fourth-order valence-corrected chi connectivity index (χ4v) is 15.8. The number of rotatable bonds is 46. The number of methoxy groups -OCH3 is 4. The van der Waals surface area contributed by atoms with Crippen molar-refractivity contribution < 1.29 is 87.7 Å². The second-order valence-electron chi connectivity index (χ2n) is 29.5. The molecule has 4 heterocycles. The monoisotopic (exact) mass is 1960 g/mol. The number of hydrogen-bond acceptors (Lipinski definition) is 29. The van der Waals surface area contributed by atoms with Crippen LogP contribution < -0.4 is 112 Å². The summed E-state index contributed by atoms with van der Waals surface area (Å²) in [6.07, 6.45) is 29.3. The normalized spacial score (nSPS) is 11.3. The number of nitrogens with two attached hydrogens (primary N) is 5. The van der Waals surface area contributed by atoms with Crippen molar-refractivity contribution in [3.63, 3.8) is 0 Å². The van der Waals surface area contributed by atoms with Crippen LogP contribution in [0, 0.1) is 39.5 Å². The van der Waals surface area contributed by atoms with Crippen molar-refractivity contribution in [3.8, 4) is 23.0 Å². The summed E-state index contributed by atoms with van der Waals surface area (Å²) in [5.41, 5.74) is 43.5. The molecule has 0 unspecified atom stereocenters. The Balaban J connectivity index is -0.00000154. The van der Waals surface area contributed by atoms with E-state index in [1.54, 1.807) is 59.6 Å². The average Bonchev–Trinajstić information content (AvgIpc) is 0.807. The van der Waals surface area contributed by atoms with Crippen molar-refractivity contribution in [1.29, 1.82) is 5.26 Å². The number of Topliss-reactive ketones (excluding diaryl/α,β-unsaturated/α-hetero) is 2. The molecule has 0 aliphatic carbocycles. The number of alkyl halides is 1. The van der Waals surface area contributed by atoms with Gasteiger partial charge in [-0.25, -0.2) is 29.1 Å². The quantitative estimate of drug-likeness (QED) is 0.00427. The van der Waals surface area contributed by atoms with E-state index in [1.165, 1.54) is 64.0 Å². The number of ether oxygens (including phenoxy) is 4. The van der Waals surface area contributed by atoms with Crippen LogP contribution in [0.15, 0.2) is 72.8 Å². The third-order valence-electron chi connectivity index (χ3n) is 20.1. The van der Waals surface area contributed by atoms with Gasteiger partial charge in [0, 0.05) is 133 Å². The third-order valence-corrected chi connectivity index (χ3v) is 23.3. The molecule has 8 aromatic rings. The molecule has 0 radical (unpaired) electrons. The van der Waals surface area contributed by atoms with Crippen molar-refractivity contribution in [2.75, 3.05) is 115 Å². The van der Waals surface area contributed by atoms with Gasteiger partial charge in [-0.3, -0.25) is 9.59 Å². The zero-order valence-electron chi connectivity index (χ0n) is 79.4. The Morgan fingerprint density at radius 3 is 1.04 bits per heavy atom. The van der Waals surface area contributed by atoms with E-state index in [1.807, 2.05) is 117 Å². The average molecular weight is 1960 g/mol. The molecule has 0 saturated heterocycles. The minimum atomic E-state index is -1.67. The van der Waals surface area contributed by atoms with Gasteiger partial charge in [-0.15, -0.1) is 11.6 Å². The number of unbranched alkanes of at least 4 members (excludes halogenated alkanes) is 4. The van der Waals surface area contributed by atoms with Gasteiger partial charge in [0.2, 0.25) is 33.0 Å². The molecular formula is C91H140AlCl4LiN17NaO8S5. The van der Waals surface area contributed by atoms with Gasteiger partial charge in [-0.1, -0.05) is 109 Å². The first kappa shape index (κ1) is 125. The number of nitrogens with zero attached hydrogens (tertiary/aromatic N) is 9. The zero-order chi connectivity index (χ0) is 93.5. The van der Waals surface area contributed by atoms with Crippen LogP contribution in [0.5, 0.6) is 23.0 Å². The van der Waals surface area contributed by atoms with E-state index in [4.69, 9.17) is 86.9 Å². The summed E-state index contributed by atoms with van der Waals surface area (Å²) in [5.74, 6) is 11.5. The number of nitrogen functional groups attached to an aromatic ring is 4.